The lowest BCUT2D eigenvalue weighted by Crippen LogP contribution is -2.43. The van der Waals surface area contributed by atoms with E-state index < -0.39 is 83.4 Å². The molecule has 7 rings (SSSR count). The number of rotatable bonds is 2. The molecule has 7 N–H and O–H groups in total. The molecule has 7 heterocycles. The summed E-state index contributed by atoms with van der Waals surface area (Å²) in [6, 6.07) is -1.64. The number of aliphatic hydroxyl groups is 1. The summed E-state index contributed by atoms with van der Waals surface area (Å²) in [6.07, 6.45) is -7.91. The standard InChI is InChI=1S/C21H25FN10O11P2/c1-7-28-18-13(19(34)29-7)27-6-32(18)21-15-14(33)9(42-21)3-39-44(35,36)30-11-8(2-40-45(37,38)43-15)41-20(10(11)22)31-5-26-12-16(23)24-4-25-17(12)31/h4-6,8-11,14-15,20-21,33H,2-3H2,1H3,(H,37,38)(H2,23,24,25)(H,28,29,34)(H2,30,35,36). The van der Waals surface area contributed by atoms with Gasteiger partial charge in [-0.25, -0.2) is 43.5 Å². The third-order valence-electron chi connectivity index (χ3n) is 7.51. The molecule has 4 aromatic rings. The minimum absolute atomic E-state index is 0.00537. The number of H-pyrrole nitrogens is 1. The van der Waals surface area contributed by atoms with Gasteiger partial charge in [-0.15, -0.1) is 0 Å². The van der Waals surface area contributed by atoms with Crippen molar-refractivity contribution < 1.29 is 51.5 Å². The van der Waals surface area contributed by atoms with E-state index >= 15 is 4.39 Å². The van der Waals surface area contributed by atoms with Gasteiger partial charge in [-0.05, 0) is 6.92 Å². The summed E-state index contributed by atoms with van der Waals surface area (Å²) in [5.74, 6) is 0.229. The van der Waals surface area contributed by atoms with E-state index in [0.717, 1.165) is 12.7 Å². The number of aromatic nitrogens is 8. The number of aliphatic hydroxyl groups excluding tert-OH is 1. The number of imidazole rings is 2. The summed E-state index contributed by atoms with van der Waals surface area (Å²) in [5.41, 5.74) is 5.38. The number of nitrogen functional groups attached to an aromatic ring is 1. The molecule has 10 atom stereocenters. The Kier molecular flexibility index (Phi) is 7.37. The molecule has 3 saturated heterocycles. The van der Waals surface area contributed by atoms with Gasteiger partial charge in [0.25, 0.3) is 5.56 Å². The summed E-state index contributed by atoms with van der Waals surface area (Å²) in [5, 5.41) is 13.2. The van der Waals surface area contributed by atoms with Crippen molar-refractivity contribution in [3.8, 4) is 0 Å². The minimum Gasteiger partial charge on any atom is -0.387 e. The fourth-order valence-corrected chi connectivity index (χ4v) is 7.50. The number of nitrogens with zero attached hydrogens (tertiary/aromatic N) is 7. The molecular weight excluding hydrogens is 649 g/mol. The largest absolute Gasteiger partial charge is 0.472 e. The van der Waals surface area contributed by atoms with Crippen LogP contribution >= 0.6 is 15.6 Å². The first-order valence-electron chi connectivity index (χ1n) is 13.2. The highest BCUT2D eigenvalue weighted by Gasteiger charge is 2.53. The van der Waals surface area contributed by atoms with Crippen LogP contribution in [0, 0.1) is 6.92 Å². The van der Waals surface area contributed by atoms with Crippen molar-refractivity contribution >= 4 is 43.7 Å². The molecule has 3 aliphatic heterocycles. The zero-order valence-corrected chi connectivity index (χ0v) is 24.6. The maximum absolute atomic E-state index is 15.9. The van der Waals surface area contributed by atoms with Crippen LogP contribution in [0.3, 0.4) is 0 Å². The molecule has 0 spiro atoms. The lowest BCUT2D eigenvalue weighted by molar-refractivity contribution is -0.0563. The third kappa shape index (κ3) is 5.36. The monoisotopic (exact) mass is 674 g/mol. The molecule has 4 aromatic heterocycles. The Bertz CT molecular complexity index is 1940. The van der Waals surface area contributed by atoms with Crippen LogP contribution in [0.1, 0.15) is 18.3 Å². The van der Waals surface area contributed by atoms with E-state index in [4.69, 9.17) is 28.8 Å². The molecule has 10 unspecified atom stereocenters. The van der Waals surface area contributed by atoms with Gasteiger partial charge in [0.15, 0.2) is 41.3 Å². The Morgan fingerprint density at radius 1 is 1.00 bits per heavy atom. The van der Waals surface area contributed by atoms with Crippen molar-refractivity contribution in [3.05, 3.63) is 35.2 Å². The van der Waals surface area contributed by atoms with Crippen molar-refractivity contribution in [1.29, 1.82) is 0 Å². The second-order valence-corrected chi connectivity index (χ2v) is 13.4. The Labute approximate surface area is 249 Å². The maximum Gasteiger partial charge on any atom is 0.472 e. The first-order chi connectivity index (χ1) is 21.3. The molecule has 2 bridgehead atoms. The number of aryl methyl sites for hydroxylation is 1. The zero-order valence-electron chi connectivity index (χ0n) is 22.9. The van der Waals surface area contributed by atoms with E-state index in [0.29, 0.717) is 0 Å². The summed E-state index contributed by atoms with van der Waals surface area (Å²) in [7, 11) is -9.98. The predicted octanol–water partition coefficient (Wildman–Crippen LogP) is -1.07. The molecule has 3 fully saturated rings. The molecule has 0 radical (unpaired) electrons. The summed E-state index contributed by atoms with van der Waals surface area (Å²) in [6.45, 7) is -0.0971. The Balaban J connectivity index is 1.21. The van der Waals surface area contributed by atoms with Crippen LogP contribution in [0.25, 0.3) is 22.3 Å². The molecule has 0 aromatic carbocycles. The Hall–Kier alpha value is -3.27. The van der Waals surface area contributed by atoms with E-state index in [9.17, 15) is 28.8 Å². The first kappa shape index (κ1) is 30.4. The maximum atomic E-state index is 15.9. The van der Waals surface area contributed by atoms with Crippen molar-refractivity contribution in [2.75, 3.05) is 18.9 Å². The molecule has 24 heteroatoms. The van der Waals surface area contributed by atoms with Gasteiger partial charge in [-0.3, -0.25) is 27.5 Å². The van der Waals surface area contributed by atoms with E-state index in [1.807, 2.05) is 0 Å². The number of fused-ring (bicyclic) bond motifs is 5. The number of anilines is 1. The van der Waals surface area contributed by atoms with Gasteiger partial charge in [0, 0.05) is 0 Å². The number of nitrogens with two attached hydrogens (primary N) is 1. The summed E-state index contributed by atoms with van der Waals surface area (Å²) < 4.78 is 71.9. The number of hydrogen-bond donors (Lipinski definition) is 6. The van der Waals surface area contributed by atoms with Crippen molar-refractivity contribution in [2.45, 2.75) is 56.0 Å². The fraction of sp³-hybridized carbons (Fsp3) is 0.524. The number of nitrogens with one attached hydrogen (secondary N) is 2. The summed E-state index contributed by atoms with van der Waals surface area (Å²) >= 11 is 0. The van der Waals surface area contributed by atoms with Crippen LogP contribution in [0.2, 0.25) is 0 Å². The van der Waals surface area contributed by atoms with E-state index in [1.54, 1.807) is 0 Å². The van der Waals surface area contributed by atoms with Crippen molar-refractivity contribution in [1.82, 2.24) is 44.1 Å². The highest BCUT2D eigenvalue weighted by atomic mass is 31.2. The van der Waals surface area contributed by atoms with Crippen molar-refractivity contribution in [2.24, 2.45) is 0 Å². The molecule has 0 aliphatic carbocycles. The van der Waals surface area contributed by atoms with Gasteiger partial charge < -0.3 is 35.1 Å². The van der Waals surface area contributed by atoms with Crippen LogP contribution in [-0.4, -0.2) is 104 Å². The lowest BCUT2D eigenvalue weighted by atomic mass is 10.1. The van der Waals surface area contributed by atoms with Crippen LogP contribution in [0.15, 0.2) is 23.8 Å². The zero-order chi connectivity index (χ0) is 31.8. The van der Waals surface area contributed by atoms with Crippen LogP contribution in [0.4, 0.5) is 10.2 Å². The normalized spacial score (nSPS) is 37.7. The van der Waals surface area contributed by atoms with Gasteiger partial charge in [0.2, 0.25) is 0 Å². The Morgan fingerprint density at radius 3 is 2.47 bits per heavy atom. The predicted molar refractivity (Wildman–Crippen MR) is 145 cm³/mol. The quantitative estimate of drug-likeness (QED) is 0.138. The van der Waals surface area contributed by atoms with E-state index in [-0.39, 0.29) is 34.0 Å². The minimum atomic E-state index is -5.10. The number of halogens is 1. The van der Waals surface area contributed by atoms with E-state index in [2.05, 4.69) is 35.0 Å². The topological polar surface area (TPSA) is 286 Å². The smallest absolute Gasteiger partial charge is 0.387 e. The fourth-order valence-electron chi connectivity index (χ4n) is 5.46. The van der Waals surface area contributed by atoms with Crippen LogP contribution in [0.5, 0.6) is 0 Å². The second kappa shape index (κ2) is 10.9. The second-order valence-electron chi connectivity index (χ2n) is 10.4. The van der Waals surface area contributed by atoms with Gasteiger partial charge in [0.05, 0.1) is 31.9 Å². The Morgan fingerprint density at radius 2 is 1.69 bits per heavy atom. The van der Waals surface area contributed by atoms with Crippen LogP contribution in [-0.2, 0) is 32.2 Å². The lowest BCUT2D eigenvalue weighted by Gasteiger charge is -2.26. The molecule has 21 nitrogen and oxygen atoms in total. The van der Waals surface area contributed by atoms with Gasteiger partial charge >= 0.3 is 15.6 Å². The number of aromatic amines is 1. The third-order valence-corrected chi connectivity index (χ3v) is 9.62. The molecule has 242 valence electrons. The summed E-state index contributed by atoms with van der Waals surface area (Å²) in [4.78, 5) is 56.4. The highest BCUT2D eigenvalue weighted by molar-refractivity contribution is 7.50. The molecule has 0 amide bonds. The molecular formula is C21H25FN10O11P2. The molecule has 3 aliphatic rings. The van der Waals surface area contributed by atoms with Gasteiger partial charge in [0.1, 0.15) is 42.1 Å². The van der Waals surface area contributed by atoms with E-state index in [1.165, 1.54) is 22.4 Å². The van der Waals surface area contributed by atoms with Gasteiger partial charge in [-0.2, -0.15) is 0 Å². The first-order valence-corrected chi connectivity index (χ1v) is 16.3. The number of hydrogen-bond acceptors (Lipinski definition) is 15. The average molecular weight is 674 g/mol. The van der Waals surface area contributed by atoms with Gasteiger partial charge in [-0.1, -0.05) is 0 Å². The number of ether oxygens (including phenoxy) is 2. The molecule has 0 saturated carbocycles. The number of phosphoric acid groups is 1. The molecule has 45 heavy (non-hydrogen) atoms. The van der Waals surface area contributed by atoms with Crippen LogP contribution < -0.4 is 16.4 Å². The SMILES string of the molecule is Cc1nc2c(ncn2C2OC3COP(=O)(O)NC4C(COP(=O)(O)OC2C3O)OC(n2cnc3c(N)ncnc32)C4F)c(=O)[nH]1. The average Bonchev–Trinajstić information content (AvgIpc) is 3.72. The number of alkyl halides is 1. The van der Waals surface area contributed by atoms with Crippen molar-refractivity contribution in [3.63, 3.8) is 0 Å². The highest BCUT2D eigenvalue weighted by Crippen LogP contribution is 2.52. The number of phosphoric ester groups is 1.